The van der Waals surface area contributed by atoms with Crippen molar-refractivity contribution in [1.29, 1.82) is 0 Å². The van der Waals surface area contributed by atoms with Crippen LogP contribution in [0.3, 0.4) is 0 Å². The Morgan fingerprint density at radius 3 is 2.94 bits per heavy atom. The van der Waals surface area contributed by atoms with E-state index < -0.39 is 0 Å². The SMILES string of the molecule is COCCNC(CO)C1CC(C)=CC(C)C1. The fourth-order valence-electron chi connectivity index (χ4n) is 2.63. The Balaban J connectivity index is 2.43. The zero-order valence-corrected chi connectivity index (χ0v) is 10.7. The number of nitrogens with one attached hydrogen (secondary N) is 1. The van der Waals surface area contributed by atoms with E-state index in [2.05, 4.69) is 25.2 Å². The van der Waals surface area contributed by atoms with Gasteiger partial charge in [0.2, 0.25) is 0 Å². The lowest BCUT2D eigenvalue weighted by atomic mass is 9.80. The largest absolute Gasteiger partial charge is 0.395 e. The molecule has 3 nitrogen and oxygen atoms in total. The average molecular weight is 227 g/mol. The van der Waals surface area contributed by atoms with E-state index in [1.165, 1.54) is 12.0 Å². The number of hydrogen-bond donors (Lipinski definition) is 2. The maximum atomic E-state index is 9.43. The fourth-order valence-corrected chi connectivity index (χ4v) is 2.63. The van der Waals surface area contributed by atoms with Crippen LogP contribution < -0.4 is 5.32 Å². The van der Waals surface area contributed by atoms with Crippen molar-refractivity contribution in [1.82, 2.24) is 5.32 Å². The van der Waals surface area contributed by atoms with Gasteiger partial charge < -0.3 is 15.2 Å². The lowest BCUT2D eigenvalue weighted by Crippen LogP contribution is -2.42. The number of allylic oxidation sites excluding steroid dienone is 2. The molecular weight excluding hydrogens is 202 g/mol. The van der Waals surface area contributed by atoms with Crippen LogP contribution in [0.2, 0.25) is 0 Å². The predicted octanol–water partition coefficient (Wildman–Crippen LogP) is 1.58. The molecule has 94 valence electrons. The smallest absolute Gasteiger partial charge is 0.0587 e. The van der Waals surface area contributed by atoms with Crippen molar-refractivity contribution in [2.45, 2.75) is 32.7 Å². The van der Waals surface area contributed by atoms with E-state index in [4.69, 9.17) is 4.74 Å². The van der Waals surface area contributed by atoms with Gasteiger partial charge in [0.15, 0.2) is 0 Å². The summed E-state index contributed by atoms with van der Waals surface area (Å²) in [6.45, 7) is 6.17. The molecule has 16 heavy (non-hydrogen) atoms. The van der Waals surface area contributed by atoms with Crippen LogP contribution in [0.4, 0.5) is 0 Å². The summed E-state index contributed by atoms with van der Waals surface area (Å²) in [5.74, 6) is 1.19. The Bertz CT molecular complexity index is 228. The predicted molar refractivity (Wildman–Crippen MR) is 66.4 cm³/mol. The van der Waals surface area contributed by atoms with E-state index >= 15 is 0 Å². The standard InChI is InChI=1S/C13H25NO2/c1-10-6-11(2)8-12(7-10)13(9-15)14-4-5-16-3/h6,10,12-15H,4-5,7-9H2,1-3H3. The second kappa shape index (κ2) is 7.05. The number of aliphatic hydroxyl groups excluding tert-OH is 1. The molecular formula is C13H25NO2. The summed E-state index contributed by atoms with van der Waals surface area (Å²) in [7, 11) is 1.70. The molecule has 0 fully saturated rings. The van der Waals surface area contributed by atoms with Gasteiger partial charge in [-0.2, -0.15) is 0 Å². The van der Waals surface area contributed by atoms with Gasteiger partial charge in [0.1, 0.15) is 0 Å². The molecule has 0 spiro atoms. The van der Waals surface area contributed by atoms with Crippen LogP contribution in [-0.4, -0.2) is 38.0 Å². The summed E-state index contributed by atoms with van der Waals surface area (Å²) in [5, 5.41) is 12.8. The van der Waals surface area contributed by atoms with Gasteiger partial charge in [0.05, 0.1) is 13.2 Å². The highest BCUT2D eigenvalue weighted by Gasteiger charge is 2.25. The number of rotatable bonds is 6. The van der Waals surface area contributed by atoms with Crippen molar-refractivity contribution in [2.75, 3.05) is 26.9 Å². The van der Waals surface area contributed by atoms with Gasteiger partial charge in [-0.25, -0.2) is 0 Å². The van der Waals surface area contributed by atoms with Gasteiger partial charge in [0, 0.05) is 19.7 Å². The molecule has 0 radical (unpaired) electrons. The molecule has 2 N–H and O–H groups in total. The Morgan fingerprint density at radius 2 is 2.38 bits per heavy atom. The van der Waals surface area contributed by atoms with Gasteiger partial charge in [-0.05, 0) is 31.6 Å². The fraction of sp³-hybridized carbons (Fsp3) is 0.846. The molecule has 1 rings (SSSR count). The van der Waals surface area contributed by atoms with Gasteiger partial charge in [-0.3, -0.25) is 0 Å². The second-order valence-electron chi connectivity index (χ2n) is 4.93. The first kappa shape index (κ1) is 13.7. The number of hydrogen-bond acceptors (Lipinski definition) is 3. The van der Waals surface area contributed by atoms with E-state index in [1.807, 2.05) is 0 Å². The number of methoxy groups -OCH3 is 1. The molecule has 0 heterocycles. The maximum absolute atomic E-state index is 9.43. The van der Waals surface area contributed by atoms with Crippen molar-refractivity contribution in [3.8, 4) is 0 Å². The molecule has 3 atom stereocenters. The molecule has 0 saturated carbocycles. The lowest BCUT2D eigenvalue weighted by molar-refractivity contribution is 0.156. The summed E-state index contributed by atoms with van der Waals surface area (Å²) < 4.78 is 5.01. The second-order valence-corrected chi connectivity index (χ2v) is 4.93. The molecule has 3 heteroatoms. The molecule has 3 unspecified atom stereocenters. The molecule has 0 aliphatic heterocycles. The number of ether oxygens (including phenoxy) is 1. The molecule has 1 aliphatic carbocycles. The minimum Gasteiger partial charge on any atom is -0.395 e. The van der Waals surface area contributed by atoms with E-state index in [-0.39, 0.29) is 12.6 Å². The molecule has 0 aromatic heterocycles. The van der Waals surface area contributed by atoms with E-state index in [0.717, 1.165) is 13.0 Å². The maximum Gasteiger partial charge on any atom is 0.0587 e. The highest BCUT2D eigenvalue weighted by Crippen LogP contribution is 2.29. The van der Waals surface area contributed by atoms with Crippen LogP contribution in [0.15, 0.2) is 11.6 Å². The molecule has 0 amide bonds. The van der Waals surface area contributed by atoms with Crippen LogP contribution in [0.5, 0.6) is 0 Å². The summed E-state index contributed by atoms with van der Waals surface area (Å²) in [6.07, 6.45) is 4.62. The third kappa shape index (κ3) is 4.24. The van der Waals surface area contributed by atoms with Crippen molar-refractivity contribution >= 4 is 0 Å². The van der Waals surface area contributed by atoms with E-state index in [0.29, 0.717) is 18.4 Å². The third-order valence-electron chi connectivity index (χ3n) is 3.31. The lowest BCUT2D eigenvalue weighted by Gasteiger charge is -2.32. The van der Waals surface area contributed by atoms with Crippen LogP contribution in [0.1, 0.15) is 26.7 Å². The topological polar surface area (TPSA) is 41.5 Å². The highest BCUT2D eigenvalue weighted by molar-refractivity contribution is 5.07. The molecule has 0 aromatic carbocycles. The summed E-state index contributed by atoms with van der Waals surface area (Å²) in [4.78, 5) is 0. The Morgan fingerprint density at radius 1 is 1.62 bits per heavy atom. The third-order valence-corrected chi connectivity index (χ3v) is 3.31. The minimum absolute atomic E-state index is 0.209. The quantitative estimate of drug-likeness (QED) is 0.535. The van der Waals surface area contributed by atoms with Gasteiger partial charge in [0.25, 0.3) is 0 Å². The first-order valence-electron chi connectivity index (χ1n) is 6.17. The first-order valence-corrected chi connectivity index (χ1v) is 6.17. The normalized spacial score (nSPS) is 27.6. The van der Waals surface area contributed by atoms with E-state index in [1.54, 1.807) is 7.11 Å². The summed E-state index contributed by atoms with van der Waals surface area (Å²) >= 11 is 0. The highest BCUT2D eigenvalue weighted by atomic mass is 16.5. The van der Waals surface area contributed by atoms with Crippen LogP contribution >= 0.6 is 0 Å². The Kier molecular flexibility index (Phi) is 6.03. The van der Waals surface area contributed by atoms with Crippen LogP contribution in [0, 0.1) is 11.8 Å². The molecule has 0 saturated heterocycles. The van der Waals surface area contributed by atoms with Crippen LogP contribution in [-0.2, 0) is 4.74 Å². The zero-order valence-electron chi connectivity index (χ0n) is 10.7. The summed E-state index contributed by atoms with van der Waals surface area (Å²) in [6, 6.07) is 0.209. The van der Waals surface area contributed by atoms with Gasteiger partial charge >= 0.3 is 0 Å². The van der Waals surface area contributed by atoms with Gasteiger partial charge in [-0.15, -0.1) is 0 Å². The monoisotopic (exact) mass is 227 g/mol. The van der Waals surface area contributed by atoms with Gasteiger partial charge in [-0.1, -0.05) is 18.6 Å². The molecule has 1 aliphatic rings. The van der Waals surface area contributed by atoms with Crippen molar-refractivity contribution in [2.24, 2.45) is 11.8 Å². The number of aliphatic hydroxyl groups is 1. The molecule has 0 aromatic rings. The van der Waals surface area contributed by atoms with Crippen LogP contribution in [0.25, 0.3) is 0 Å². The summed E-state index contributed by atoms with van der Waals surface area (Å²) in [5.41, 5.74) is 1.45. The van der Waals surface area contributed by atoms with Crippen molar-refractivity contribution in [3.63, 3.8) is 0 Å². The van der Waals surface area contributed by atoms with E-state index in [9.17, 15) is 5.11 Å². The Hall–Kier alpha value is -0.380. The molecule has 0 bridgehead atoms. The van der Waals surface area contributed by atoms with Crippen molar-refractivity contribution < 1.29 is 9.84 Å². The Labute approximate surface area is 98.9 Å². The first-order chi connectivity index (χ1) is 7.67. The average Bonchev–Trinajstić information content (AvgIpc) is 2.23. The zero-order chi connectivity index (χ0) is 12.0. The van der Waals surface area contributed by atoms with Crippen molar-refractivity contribution in [3.05, 3.63) is 11.6 Å². The minimum atomic E-state index is 0.209.